The standard InChI is InChI=1S/C25H19FN2O4S2/c26-11-3-5-12(6-4-11)28-23(30)18-14-9-15(19(18)24(28)31)20-17(14)16(10-1-7-13(29)8-2-10)21-22(33-20)27-25(32)34-21/h1-8,14-20,29H,9H2,(H,27,32)/t14-,15+,16+,17-,18-,19-,20-/m0/s1. The number of imide groups is 1. The molecule has 1 saturated heterocycles. The summed E-state index contributed by atoms with van der Waals surface area (Å²) < 4.78 is 13.5. The molecular formula is C25H19FN2O4S2. The Morgan fingerprint density at radius 2 is 1.62 bits per heavy atom. The number of thiazole rings is 1. The fourth-order valence-electron chi connectivity index (χ4n) is 6.92. The third kappa shape index (κ3) is 2.65. The monoisotopic (exact) mass is 494 g/mol. The average Bonchev–Trinajstić information content (AvgIpc) is 3.54. The third-order valence-electron chi connectivity index (χ3n) is 8.06. The van der Waals surface area contributed by atoms with E-state index >= 15 is 0 Å². The average molecular weight is 495 g/mol. The van der Waals surface area contributed by atoms with Crippen LogP contribution in [-0.4, -0.2) is 27.2 Å². The highest BCUT2D eigenvalue weighted by molar-refractivity contribution is 8.00. The zero-order valence-electron chi connectivity index (χ0n) is 17.7. The molecule has 2 N–H and O–H groups in total. The number of anilines is 1. The van der Waals surface area contributed by atoms with E-state index in [-0.39, 0.29) is 57.3 Å². The molecule has 2 amide bonds. The second-order valence-corrected chi connectivity index (χ2v) is 11.7. The number of carbonyl (C=O) groups excluding carboxylic acids is 2. The number of aromatic nitrogens is 1. The first-order valence-electron chi connectivity index (χ1n) is 11.2. The molecule has 3 heterocycles. The molecule has 6 nitrogen and oxygen atoms in total. The van der Waals surface area contributed by atoms with Crippen LogP contribution >= 0.6 is 23.1 Å². The van der Waals surface area contributed by atoms with Gasteiger partial charge in [-0.25, -0.2) is 4.39 Å². The molecule has 2 bridgehead atoms. The first kappa shape index (κ1) is 20.5. The summed E-state index contributed by atoms with van der Waals surface area (Å²) in [4.78, 5) is 44.5. The minimum absolute atomic E-state index is 0.0125. The number of carbonyl (C=O) groups is 2. The van der Waals surface area contributed by atoms with Crippen LogP contribution < -0.4 is 9.77 Å². The number of phenolic OH excluding ortho intramolecular Hbond substituents is 1. The second-order valence-electron chi connectivity index (χ2n) is 9.54. The van der Waals surface area contributed by atoms with Gasteiger partial charge in [-0.15, -0.1) is 11.8 Å². The highest BCUT2D eigenvalue weighted by atomic mass is 32.2. The van der Waals surface area contributed by atoms with Crippen molar-refractivity contribution >= 4 is 40.6 Å². The number of phenols is 1. The van der Waals surface area contributed by atoms with Gasteiger partial charge in [0.25, 0.3) is 0 Å². The summed E-state index contributed by atoms with van der Waals surface area (Å²) in [7, 11) is 0. The summed E-state index contributed by atoms with van der Waals surface area (Å²) in [5, 5.41) is 10.8. The molecule has 0 radical (unpaired) electrons. The molecule has 1 aromatic heterocycles. The van der Waals surface area contributed by atoms with Gasteiger partial charge in [0.15, 0.2) is 0 Å². The Hall–Kier alpha value is -2.91. The van der Waals surface area contributed by atoms with Crippen LogP contribution in [0.1, 0.15) is 22.8 Å². The number of rotatable bonds is 2. The lowest BCUT2D eigenvalue weighted by Gasteiger charge is -2.43. The molecule has 0 spiro atoms. The lowest BCUT2D eigenvalue weighted by atomic mass is 9.68. The molecule has 4 aliphatic rings. The van der Waals surface area contributed by atoms with E-state index in [4.69, 9.17) is 0 Å². The lowest BCUT2D eigenvalue weighted by Crippen LogP contribution is -2.42. The molecule has 3 aromatic rings. The number of nitrogens with one attached hydrogen (secondary N) is 1. The molecule has 2 saturated carbocycles. The van der Waals surface area contributed by atoms with Crippen molar-refractivity contribution in [2.75, 3.05) is 4.90 Å². The highest BCUT2D eigenvalue weighted by Crippen LogP contribution is 2.68. The van der Waals surface area contributed by atoms with E-state index in [9.17, 15) is 23.9 Å². The zero-order chi connectivity index (χ0) is 23.3. The molecule has 2 aliphatic heterocycles. The summed E-state index contributed by atoms with van der Waals surface area (Å²) in [5.41, 5.74) is 1.42. The summed E-state index contributed by atoms with van der Waals surface area (Å²) in [6.45, 7) is 0. The molecule has 7 rings (SSSR count). The molecule has 3 fully saturated rings. The number of aromatic amines is 1. The molecule has 7 atom stereocenters. The normalized spacial score (nSPS) is 33.2. The van der Waals surface area contributed by atoms with Crippen molar-refractivity contribution in [3.8, 4) is 5.75 Å². The van der Waals surface area contributed by atoms with Crippen molar-refractivity contribution in [3.05, 3.63) is 74.5 Å². The van der Waals surface area contributed by atoms with Crippen molar-refractivity contribution in [1.29, 1.82) is 0 Å². The van der Waals surface area contributed by atoms with Gasteiger partial charge in [-0.1, -0.05) is 23.5 Å². The minimum atomic E-state index is -0.414. The number of halogens is 1. The summed E-state index contributed by atoms with van der Waals surface area (Å²) in [5.74, 6) is -1.36. The zero-order valence-corrected chi connectivity index (χ0v) is 19.3. The molecular weight excluding hydrogens is 475 g/mol. The number of hydrogen-bond donors (Lipinski definition) is 2. The van der Waals surface area contributed by atoms with Gasteiger partial charge >= 0.3 is 4.87 Å². The van der Waals surface area contributed by atoms with Crippen molar-refractivity contribution in [1.82, 2.24) is 4.98 Å². The maximum absolute atomic E-state index is 13.6. The van der Waals surface area contributed by atoms with Crippen molar-refractivity contribution < 1.29 is 19.1 Å². The van der Waals surface area contributed by atoms with E-state index in [2.05, 4.69) is 4.98 Å². The van der Waals surface area contributed by atoms with E-state index in [1.807, 2.05) is 12.1 Å². The van der Waals surface area contributed by atoms with Crippen LogP contribution in [0.2, 0.25) is 0 Å². The quantitative estimate of drug-likeness (QED) is 0.527. The third-order valence-corrected chi connectivity index (χ3v) is 10.6. The number of nitrogens with zero attached hydrogens (tertiary/aromatic N) is 1. The summed E-state index contributed by atoms with van der Waals surface area (Å²) in [6.07, 6.45) is 0.806. The van der Waals surface area contributed by atoms with Gasteiger partial charge in [0, 0.05) is 16.0 Å². The molecule has 172 valence electrons. The van der Waals surface area contributed by atoms with E-state index in [1.54, 1.807) is 23.9 Å². The molecule has 2 aliphatic carbocycles. The summed E-state index contributed by atoms with van der Waals surface area (Å²) >= 11 is 2.84. The highest BCUT2D eigenvalue weighted by Gasteiger charge is 2.69. The maximum Gasteiger partial charge on any atom is 0.305 e. The second kappa shape index (κ2) is 7.05. The SMILES string of the molecule is O=C1[C@H]2[C@H]3C[C@@H]([C@@H]4Sc5[nH]c(=O)sc5[C@H](c5ccc(O)cc5)[C@H]34)[C@@H]2C(=O)N1c1ccc(F)cc1. The number of aromatic hydroxyl groups is 1. The van der Waals surface area contributed by atoms with Crippen molar-refractivity contribution in [3.63, 3.8) is 0 Å². The van der Waals surface area contributed by atoms with Gasteiger partial charge in [0.05, 0.1) is 22.5 Å². The Morgan fingerprint density at radius 3 is 2.32 bits per heavy atom. The van der Waals surface area contributed by atoms with Crippen LogP contribution in [0.5, 0.6) is 5.75 Å². The van der Waals surface area contributed by atoms with Crippen LogP contribution in [-0.2, 0) is 9.59 Å². The Morgan fingerprint density at radius 1 is 0.941 bits per heavy atom. The lowest BCUT2D eigenvalue weighted by molar-refractivity contribution is -0.123. The van der Waals surface area contributed by atoms with Gasteiger partial charge in [-0.3, -0.25) is 19.3 Å². The number of H-pyrrole nitrogens is 1. The Labute approximate surface area is 201 Å². The van der Waals surface area contributed by atoms with Gasteiger partial charge < -0.3 is 10.1 Å². The Kier molecular flexibility index (Phi) is 4.24. The maximum atomic E-state index is 13.6. The molecule has 2 aromatic carbocycles. The fourth-order valence-corrected chi connectivity index (χ4v) is 9.81. The Bertz CT molecular complexity index is 1400. The molecule has 9 heteroatoms. The number of thioether (sulfide) groups is 1. The van der Waals surface area contributed by atoms with E-state index in [0.29, 0.717) is 5.69 Å². The first-order chi connectivity index (χ1) is 16.4. The van der Waals surface area contributed by atoms with Crippen LogP contribution in [0.3, 0.4) is 0 Å². The largest absolute Gasteiger partial charge is 0.508 e. The predicted octanol–water partition coefficient (Wildman–Crippen LogP) is 3.96. The van der Waals surface area contributed by atoms with Crippen molar-refractivity contribution in [2.24, 2.45) is 29.6 Å². The summed E-state index contributed by atoms with van der Waals surface area (Å²) in [6, 6.07) is 12.6. The van der Waals surface area contributed by atoms with E-state index < -0.39 is 11.7 Å². The van der Waals surface area contributed by atoms with Crippen LogP contribution in [0.25, 0.3) is 0 Å². The van der Waals surface area contributed by atoms with E-state index in [0.717, 1.165) is 21.9 Å². The topological polar surface area (TPSA) is 90.5 Å². The number of benzene rings is 2. The van der Waals surface area contributed by atoms with Gasteiger partial charge in [-0.05, 0) is 66.1 Å². The van der Waals surface area contributed by atoms with Crippen LogP contribution in [0.15, 0.2) is 58.4 Å². The van der Waals surface area contributed by atoms with Crippen LogP contribution in [0, 0.1) is 35.4 Å². The predicted molar refractivity (Wildman–Crippen MR) is 125 cm³/mol. The molecule has 0 unspecified atom stereocenters. The fraction of sp³-hybridized carbons (Fsp3) is 0.320. The van der Waals surface area contributed by atoms with E-state index in [1.165, 1.54) is 40.5 Å². The number of hydrogen-bond acceptors (Lipinski definition) is 6. The number of fused-ring (bicyclic) bond motifs is 9. The first-order valence-corrected chi connectivity index (χ1v) is 12.9. The van der Waals surface area contributed by atoms with Gasteiger partial charge in [0.1, 0.15) is 11.6 Å². The molecule has 34 heavy (non-hydrogen) atoms. The van der Waals surface area contributed by atoms with Crippen molar-refractivity contribution in [2.45, 2.75) is 22.6 Å². The van der Waals surface area contributed by atoms with Crippen LogP contribution in [0.4, 0.5) is 10.1 Å². The van der Waals surface area contributed by atoms with Gasteiger partial charge in [-0.2, -0.15) is 0 Å². The number of amides is 2. The smallest absolute Gasteiger partial charge is 0.305 e. The minimum Gasteiger partial charge on any atom is -0.508 e. The Balaban J connectivity index is 1.32. The van der Waals surface area contributed by atoms with Gasteiger partial charge in [0.2, 0.25) is 11.8 Å².